The van der Waals surface area contributed by atoms with Crippen LogP contribution < -0.4 is 5.32 Å². The van der Waals surface area contributed by atoms with Crippen LogP contribution in [0.2, 0.25) is 0 Å². The number of amides is 4. The third kappa shape index (κ3) is 4.82. The van der Waals surface area contributed by atoms with Crippen LogP contribution in [-0.4, -0.2) is 57.8 Å². The number of benzene rings is 1. The van der Waals surface area contributed by atoms with E-state index in [0.717, 1.165) is 29.9 Å². The molecule has 32 heavy (non-hydrogen) atoms. The van der Waals surface area contributed by atoms with E-state index in [4.69, 9.17) is 4.98 Å². The van der Waals surface area contributed by atoms with Gasteiger partial charge in [0, 0.05) is 43.9 Å². The van der Waals surface area contributed by atoms with Crippen molar-refractivity contribution < 1.29 is 14.4 Å². The third-order valence-corrected chi connectivity index (χ3v) is 6.28. The zero-order valence-electron chi connectivity index (χ0n) is 18.7. The van der Waals surface area contributed by atoms with Crippen molar-refractivity contribution in [2.75, 3.05) is 19.6 Å². The zero-order valence-corrected chi connectivity index (χ0v) is 18.7. The molecule has 168 valence electrons. The van der Waals surface area contributed by atoms with E-state index in [1.807, 2.05) is 29.3 Å². The standard InChI is InChI=1S/C25H30N4O3/c1-25(2)23(31)29(24(32)27-25)14-12-22(30)28-13-6-9-20(17-28)21-11-10-19(16-26-21)15-18-7-4-3-5-8-18/h3-5,7-8,10-11,16,20H,6,9,12-15,17H2,1-2H3,(H,27,32)/t20-/m1/s1. The summed E-state index contributed by atoms with van der Waals surface area (Å²) in [5.74, 6) is -0.110. The Bertz CT molecular complexity index is 988. The third-order valence-electron chi connectivity index (χ3n) is 6.28. The first-order valence-electron chi connectivity index (χ1n) is 11.2. The molecule has 2 aliphatic rings. The summed E-state index contributed by atoms with van der Waals surface area (Å²) in [6.45, 7) is 4.77. The van der Waals surface area contributed by atoms with Crippen molar-refractivity contribution >= 4 is 17.8 Å². The van der Waals surface area contributed by atoms with Crippen LogP contribution in [0.3, 0.4) is 0 Å². The van der Waals surface area contributed by atoms with Crippen LogP contribution in [0.15, 0.2) is 48.7 Å². The Morgan fingerprint density at radius 3 is 2.56 bits per heavy atom. The van der Waals surface area contributed by atoms with Crippen LogP contribution in [0.1, 0.15) is 55.8 Å². The first kappa shape index (κ1) is 22.0. The minimum atomic E-state index is -0.908. The predicted molar refractivity (Wildman–Crippen MR) is 121 cm³/mol. The van der Waals surface area contributed by atoms with Crippen LogP contribution in [0, 0.1) is 0 Å². The Kier molecular flexibility index (Phi) is 6.26. The fraction of sp³-hybridized carbons (Fsp3) is 0.440. The number of likely N-dealkylation sites (tertiary alicyclic amines) is 1. The van der Waals surface area contributed by atoms with Crippen molar-refractivity contribution in [2.45, 2.75) is 51.0 Å². The van der Waals surface area contributed by atoms with Crippen LogP contribution >= 0.6 is 0 Å². The molecule has 3 heterocycles. The molecule has 4 amide bonds. The van der Waals surface area contributed by atoms with Gasteiger partial charge >= 0.3 is 6.03 Å². The van der Waals surface area contributed by atoms with Gasteiger partial charge in [-0.2, -0.15) is 0 Å². The van der Waals surface area contributed by atoms with E-state index in [9.17, 15) is 14.4 Å². The monoisotopic (exact) mass is 434 g/mol. The molecule has 7 nitrogen and oxygen atoms in total. The number of rotatable bonds is 6. The molecule has 1 N–H and O–H groups in total. The van der Waals surface area contributed by atoms with Crippen molar-refractivity contribution in [2.24, 2.45) is 0 Å². The van der Waals surface area contributed by atoms with Gasteiger partial charge in [-0.05, 0) is 50.3 Å². The highest BCUT2D eigenvalue weighted by Crippen LogP contribution is 2.26. The molecular weight excluding hydrogens is 404 g/mol. The highest BCUT2D eigenvalue weighted by molar-refractivity contribution is 6.06. The topological polar surface area (TPSA) is 82.6 Å². The van der Waals surface area contributed by atoms with E-state index in [1.54, 1.807) is 13.8 Å². The number of nitrogens with zero attached hydrogens (tertiary/aromatic N) is 3. The SMILES string of the molecule is CC1(C)NC(=O)N(CCC(=O)N2CCC[C@@H](c3ccc(Cc4ccccc4)cn3)C2)C1=O. The molecule has 0 unspecified atom stereocenters. The number of nitrogens with one attached hydrogen (secondary N) is 1. The number of imide groups is 1. The lowest BCUT2D eigenvalue weighted by Crippen LogP contribution is -2.42. The summed E-state index contributed by atoms with van der Waals surface area (Å²) in [5.41, 5.74) is 2.52. The number of hydrogen-bond acceptors (Lipinski definition) is 4. The van der Waals surface area contributed by atoms with Crippen LogP contribution in [0.25, 0.3) is 0 Å². The number of pyridine rings is 1. The average molecular weight is 435 g/mol. The van der Waals surface area contributed by atoms with Gasteiger partial charge in [0.25, 0.3) is 5.91 Å². The molecule has 1 aromatic heterocycles. The molecule has 1 atom stereocenters. The Morgan fingerprint density at radius 2 is 1.91 bits per heavy atom. The molecule has 0 bridgehead atoms. The van der Waals surface area contributed by atoms with Gasteiger partial charge < -0.3 is 10.2 Å². The average Bonchev–Trinajstić information content (AvgIpc) is 2.99. The molecule has 0 radical (unpaired) electrons. The normalized spacial score (nSPS) is 20.4. The molecule has 4 rings (SSSR count). The predicted octanol–water partition coefficient (Wildman–Crippen LogP) is 3.10. The maximum atomic E-state index is 12.8. The second-order valence-corrected chi connectivity index (χ2v) is 9.19. The molecule has 1 aromatic carbocycles. The van der Waals surface area contributed by atoms with Crippen molar-refractivity contribution in [3.8, 4) is 0 Å². The summed E-state index contributed by atoms with van der Waals surface area (Å²) < 4.78 is 0. The van der Waals surface area contributed by atoms with E-state index in [2.05, 4.69) is 29.6 Å². The van der Waals surface area contributed by atoms with Gasteiger partial charge in [-0.15, -0.1) is 0 Å². The van der Waals surface area contributed by atoms with Gasteiger partial charge in [0.15, 0.2) is 0 Å². The van der Waals surface area contributed by atoms with Gasteiger partial charge in [0.1, 0.15) is 5.54 Å². The Morgan fingerprint density at radius 1 is 1.12 bits per heavy atom. The summed E-state index contributed by atoms with van der Waals surface area (Å²) >= 11 is 0. The Hall–Kier alpha value is -3.22. The minimum Gasteiger partial charge on any atom is -0.342 e. The summed E-state index contributed by atoms with van der Waals surface area (Å²) in [7, 11) is 0. The largest absolute Gasteiger partial charge is 0.342 e. The van der Waals surface area contributed by atoms with E-state index in [-0.39, 0.29) is 30.7 Å². The molecule has 2 saturated heterocycles. The van der Waals surface area contributed by atoms with Gasteiger partial charge in [0.05, 0.1) is 0 Å². The summed E-state index contributed by atoms with van der Waals surface area (Å²) in [6.07, 6.45) is 4.84. The fourth-order valence-electron chi connectivity index (χ4n) is 4.45. The van der Waals surface area contributed by atoms with Gasteiger partial charge in [-0.25, -0.2) is 4.79 Å². The number of carbonyl (C=O) groups is 3. The Labute approximate surface area is 188 Å². The van der Waals surface area contributed by atoms with E-state index in [1.165, 1.54) is 11.1 Å². The number of piperidine rings is 1. The molecule has 0 saturated carbocycles. The highest BCUT2D eigenvalue weighted by Gasteiger charge is 2.44. The lowest BCUT2D eigenvalue weighted by atomic mass is 9.93. The zero-order chi connectivity index (χ0) is 22.7. The number of carbonyl (C=O) groups excluding carboxylic acids is 3. The lowest BCUT2D eigenvalue weighted by molar-refractivity contribution is -0.134. The molecule has 0 spiro atoms. The maximum absolute atomic E-state index is 12.8. The first-order valence-corrected chi connectivity index (χ1v) is 11.2. The first-order chi connectivity index (χ1) is 15.3. The van der Waals surface area contributed by atoms with Crippen molar-refractivity contribution in [1.82, 2.24) is 20.1 Å². The summed E-state index contributed by atoms with van der Waals surface area (Å²) in [5, 5.41) is 2.65. The van der Waals surface area contributed by atoms with Crippen molar-refractivity contribution in [1.29, 1.82) is 0 Å². The molecule has 0 aliphatic carbocycles. The van der Waals surface area contributed by atoms with Gasteiger partial charge in [0.2, 0.25) is 5.91 Å². The fourth-order valence-corrected chi connectivity index (χ4v) is 4.45. The van der Waals surface area contributed by atoms with Crippen LogP contribution in [-0.2, 0) is 16.0 Å². The summed E-state index contributed by atoms with van der Waals surface area (Å²) in [4.78, 5) is 44.8. The molecule has 2 aliphatic heterocycles. The minimum absolute atomic E-state index is 0.0271. The van der Waals surface area contributed by atoms with E-state index < -0.39 is 11.6 Å². The quantitative estimate of drug-likeness (QED) is 0.709. The van der Waals surface area contributed by atoms with Crippen molar-refractivity contribution in [3.63, 3.8) is 0 Å². The highest BCUT2D eigenvalue weighted by atomic mass is 16.2. The molecule has 2 fully saturated rings. The van der Waals surface area contributed by atoms with E-state index in [0.29, 0.717) is 13.1 Å². The number of hydrogen-bond donors (Lipinski definition) is 1. The lowest BCUT2D eigenvalue weighted by Gasteiger charge is -2.33. The Balaban J connectivity index is 1.32. The smallest absolute Gasteiger partial charge is 0.325 e. The number of urea groups is 1. The second-order valence-electron chi connectivity index (χ2n) is 9.19. The van der Waals surface area contributed by atoms with E-state index >= 15 is 0 Å². The number of aromatic nitrogens is 1. The van der Waals surface area contributed by atoms with Gasteiger partial charge in [-0.1, -0.05) is 36.4 Å². The van der Waals surface area contributed by atoms with Gasteiger partial charge in [-0.3, -0.25) is 19.5 Å². The molecule has 2 aromatic rings. The molecule has 7 heteroatoms. The maximum Gasteiger partial charge on any atom is 0.325 e. The summed E-state index contributed by atoms with van der Waals surface area (Å²) in [6, 6.07) is 14.1. The van der Waals surface area contributed by atoms with Crippen LogP contribution in [0.4, 0.5) is 4.79 Å². The second kappa shape index (κ2) is 9.10. The molecular formula is C25H30N4O3. The van der Waals surface area contributed by atoms with Crippen molar-refractivity contribution in [3.05, 3.63) is 65.5 Å². The van der Waals surface area contributed by atoms with Crippen LogP contribution in [0.5, 0.6) is 0 Å².